The van der Waals surface area contributed by atoms with E-state index in [1.54, 1.807) is 12.1 Å². The molecule has 0 saturated carbocycles. The molecule has 1 saturated heterocycles. The molecule has 0 atom stereocenters. The Kier molecular flexibility index (Phi) is 5.33. The lowest BCUT2D eigenvalue weighted by Crippen LogP contribution is -2.31. The van der Waals surface area contributed by atoms with Crippen molar-refractivity contribution in [3.05, 3.63) is 29.8 Å². The fourth-order valence-corrected chi connectivity index (χ4v) is 3.37. The molecule has 1 aliphatic heterocycles. The molecule has 1 fully saturated rings. The summed E-state index contributed by atoms with van der Waals surface area (Å²) in [6.07, 6.45) is 1.22. The maximum Gasteiger partial charge on any atom is 0.120 e. The van der Waals surface area contributed by atoms with E-state index in [1.807, 2.05) is 12.1 Å². The second-order valence-corrected chi connectivity index (χ2v) is 7.49. The predicted molar refractivity (Wildman–Crippen MR) is 84.2 cm³/mol. The van der Waals surface area contributed by atoms with Gasteiger partial charge in [0.15, 0.2) is 0 Å². The summed E-state index contributed by atoms with van der Waals surface area (Å²) < 4.78 is 6.14. The first kappa shape index (κ1) is 15.2. The number of hydrogen-bond donors (Lipinski definition) is 0. The van der Waals surface area contributed by atoms with Crippen LogP contribution in [0.5, 0.6) is 5.75 Å². The highest BCUT2D eigenvalue weighted by atomic mass is 32.2. The minimum Gasteiger partial charge on any atom is -0.492 e. The van der Waals surface area contributed by atoms with Crippen molar-refractivity contribution in [1.29, 1.82) is 5.26 Å². The van der Waals surface area contributed by atoms with Crippen LogP contribution >= 0.6 is 11.8 Å². The Morgan fingerprint density at radius 2 is 2.25 bits per heavy atom. The summed E-state index contributed by atoms with van der Waals surface area (Å²) >= 11 is 2.06. The van der Waals surface area contributed by atoms with E-state index in [1.165, 1.54) is 12.2 Å². The average Bonchev–Trinajstić information content (AvgIpc) is 2.60. The van der Waals surface area contributed by atoms with Crippen LogP contribution in [0.2, 0.25) is 0 Å². The number of rotatable bonds is 4. The summed E-state index contributed by atoms with van der Waals surface area (Å²) in [4.78, 5) is 2.47. The van der Waals surface area contributed by atoms with E-state index >= 15 is 0 Å². The predicted octanol–water partition coefficient (Wildman–Crippen LogP) is 3.15. The van der Waals surface area contributed by atoms with E-state index in [0.717, 1.165) is 25.4 Å². The SMILES string of the molecule is CC1(C)CCN(CCOc2cccc(C#N)c2)CCS1. The Hall–Kier alpha value is -1.18. The number of hydrogen-bond acceptors (Lipinski definition) is 4. The summed E-state index contributed by atoms with van der Waals surface area (Å²) in [6.45, 7) is 8.56. The van der Waals surface area contributed by atoms with Gasteiger partial charge in [-0.05, 0) is 31.2 Å². The van der Waals surface area contributed by atoms with Gasteiger partial charge >= 0.3 is 0 Å². The van der Waals surface area contributed by atoms with Crippen molar-refractivity contribution < 1.29 is 4.74 Å². The van der Waals surface area contributed by atoms with Crippen LogP contribution in [0.1, 0.15) is 25.8 Å². The zero-order valence-corrected chi connectivity index (χ0v) is 13.1. The molecule has 0 N–H and O–H groups in total. The Balaban J connectivity index is 1.77. The third kappa shape index (κ3) is 4.73. The van der Waals surface area contributed by atoms with Crippen LogP contribution in [0, 0.1) is 11.3 Å². The van der Waals surface area contributed by atoms with E-state index in [0.29, 0.717) is 16.9 Å². The summed E-state index contributed by atoms with van der Waals surface area (Å²) in [7, 11) is 0. The topological polar surface area (TPSA) is 36.3 Å². The molecule has 0 aliphatic carbocycles. The molecule has 0 unspecified atom stereocenters. The zero-order valence-electron chi connectivity index (χ0n) is 12.3. The fraction of sp³-hybridized carbons (Fsp3) is 0.562. The van der Waals surface area contributed by atoms with Crippen LogP contribution in [-0.2, 0) is 0 Å². The number of nitriles is 1. The van der Waals surface area contributed by atoms with E-state index in [-0.39, 0.29) is 0 Å². The maximum atomic E-state index is 8.86. The van der Waals surface area contributed by atoms with E-state index in [4.69, 9.17) is 10.00 Å². The fourth-order valence-electron chi connectivity index (χ4n) is 2.23. The molecule has 0 bridgehead atoms. The Morgan fingerprint density at radius 3 is 3.05 bits per heavy atom. The highest BCUT2D eigenvalue weighted by molar-refractivity contribution is 8.00. The monoisotopic (exact) mass is 290 g/mol. The van der Waals surface area contributed by atoms with Crippen molar-refractivity contribution in [1.82, 2.24) is 4.90 Å². The van der Waals surface area contributed by atoms with Crippen molar-refractivity contribution >= 4 is 11.8 Å². The first-order valence-electron chi connectivity index (χ1n) is 7.08. The van der Waals surface area contributed by atoms with Crippen molar-refractivity contribution in [3.63, 3.8) is 0 Å². The molecule has 20 heavy (non-hydrogen) atoms. The standard InChI is InChI=1S/C16H22N2OS/c1-16(2)6-7-18(9-11-20-16)8-10-19-15-5-3-4-14(12-15)13-17/h3-5,12H,6-11H2,1-2H3. The van der Waals surface area contributed by atoms with E-state index in [9.17, 15) is 0 Å². The quantitative estimate of drug-likeness (QED) is 0.853. The smallest absolute Gasteiger partial charge is 0.120 e. The summed E-state index contributed by atoms with van der Waals surface area (Å²) in [5, 5.41) is 8.86. The normalized spacial score (nSPS) is 19.1. The molecule has 0 amide bonds. The zero-order chi connectivity index (χ0) is 14.4. The molecule has 1 heterocycles. The van der Waals surface area contributed by atoms with Gasteiger partial charge in [-0.1, -0.05) is 19.9 Å². The second kappa shape index (κ2) is 7.01. The molecule has 3 nitrogen and oxygen atoms in total. The highest BCUT2D eigenvalue weighted by Gasteiger charge is 2.23. The van der Waals surface area contributed by atoms with E-state index < -0.39 is 0 Å². The molecule has 0 spiro atoms. The van der Waals surface area contributed by atoms with Crippen LogP contribution in [0.15, 0.2) is 24.3 Å². The molecule has 1 aromatic rings. The molecular weight excluding hydrogens is 268 g/mol. The third-order valence-electron chi connectivity index (χ3n) is 3.57. The van der Waals surface area contributed by atoms with Crippen LogP contribution < -0.4 is 4.74 Å². The maximum absolute atomic E-state index is 8.86. The van der Waals surface area contributed by atoms with Crippen molar-refractivity contribution in [3.8, 4) is 11.8 Å². The lowest BCUT2D eigenvalue weighted by atomic mass is 10.1. The first-order chi connectivity index (χ1) is 9.59. The van der Waals surface area contributed by atoms with Crippen LogP contribution in [0.3, 0.4) is 0 Å². The van der Waals surface area contributed by atoms with Gasteiger partial charge in [0.2, 0.25) is 0 Å². The van der Waals surface area contributed by atoms with Gasteiger partial charge in [0.1, 0.15) is 12.4 Å². The van der Waals surface area contributed by atoms with E-state index in [2.05, 4.69) is 36.6 Å². The minimum atomic E-state index is 0.400. The average molecular weight is 290 g/mol. The molecule has 108 valence electrons. The number of ether oxygens (including phenoxy) is 1. The number of benzene rings is 1. The molecule has 4 heteroatoms. The molecular formula is C16H22N2OS. The molecule has 2 rings (SSSR count). The number of thioether (sulfide) groups is 1. The summed E-state index contributed by atoms with van der Waals surface area (Å²) in [5.74, 6) is 1.98. The van der Waals surface area contributed by atoms with Crippen LogP contribution in [0.25, 0.3) is 0 Å². The van der Waals surface area contributed by atoms with Gasteiger partial charge in [0.25, 0.3) is 0 Å². The van der Waals surface area contributed by atoms with Crippen molar-refractivity contribution in [2.24, 2.45) is 0 Å². The van der Waals surface area contributed by atoms with Crippen LogP contribution in [-0.4, -0.2) is 41.6 Å². The summed E-state index contributed by atoms with van der Waals surface area (Å²) in [6, 6.07) is 9.48. The highest BCUT2D eigenvalue weighted by Crippen LogP contribution is 2.30. The Bertz CT molecular complexity index is 482. The molecule has 1 aromatic carbocycles. The van der Waals surface area contributed by atoms with Gasteiger partial charge in [-0.15, -0.1) is 0 Å². The molecule has 1 aliphatic rings. The molecule has 0 aromatic heterocycles. The minimum absolute atomic E-state index is 0.400. The third-order valence-corrected chi connectivity index (χ3v) is 4.94. The van der Waals surface area contributed by atoms with Crippen molar-refractivity contribution in [2.75, 3.05) is 32.0 Å². The lowest BCUT2D eigenvalue weighted by molar-refractivity contribution is 0.214. The van der Waals surface area contributed by atoms with Crippen molar-refractivity contribution in [2.45, 2.75) is 25.0 Å². The van der Waals surface area contributed by atoms with Gasteiger partial charge in [0, 0.05) is 23.6 Å². The van der Waals surface area contributed by atoms with Gasteiger partial charge in [-0.2, -0.15) is 17.0 Å². The second-order valence-electron chi connectivity index (χ2n) is 5.69. The largest absolute Gasteiger partial charge is 0.492 e. The number of nitrogens with zero attached hydrogens (tertiary/aromatic N) is 2. The lowest BCUT2D eigenvalue weighted by Gasteiger charge is -2.22. The first-order valence-corrected chi connectivity index (χ1v) is 8.07. The molecule has 0 radical (unpaired) electrons. The van der Waals surface area contributed by atoms with Crippen LogP contribution in [0.4, 0.5) is 0 Å². The Morgan fingerprint density at radius 1 is 1.40 bits per heavy atom. The van der Waals surface area contributed by atoms with Gasteiger partial charge in [0.05, 0.1) is 11.6 Å². The Labute approximate surface area is 125 Å². The van der Waals surface area contributed by atoms with Gasteiger partial charge in [-0.25, -0.2) is 0 Å². The summed E-state index contributed by atoms with van der Waals surface area (Å²) in [5.41, 5.74) is 0.649. The van der Waals surface area contributed by atoms with Gasteiger partial charge in [-0.3, -0.25) is 4.90 Å². The van der Waals surface area contributed by atoms with Gasteiger partial charge < -0.3 is 4.74 Å².